The van der Waals surface area contributed by atoms with Gasteiger partial charge in [0.2, 0.25) is 0 Å². The normalized spacial score (nSPS) is 23.9. The van der Waals surface area contributed by atoms with Crippen molar-refractivity contribution in [3.8, 4) is 0 Å². The predicted molar refractivity (Wildman–Crippen MR) is 75.7 cm³/mol. The molecular weight excluding hydrogens is 220 g/mol. The van der Waals surface area contributed by atoms with Crippen molar-refractivity contribution >= 4 is 5.78 Å². The van der Waals surface area contributed by atoms with E-state index in [0.717, 1.165) is 18.8 Å². The number of benzene rings is 1. The monoisotopic (exact) mass is 244 g/mol. The van der Waals surface area contributed by atoms with Gasteiger partial charge < -0.3 is 0 Å². The van der Waals surface area contributed by atoms with Gasteiger partial charge in [0, 0.05) is 12.3 Å². The summed E-state index contributed by atoms with van der Waals surface area (Å²) in [6.07, 6.45) is 5.36. The number of Topliss-reactive ketones (excluding diaryl/α,β-unsaturated/α-hetero) is 1. The van der Waals surface area contributed by atoms with Crippen LogP contribution >= 0.6 is 0 Å². The second-order valence-corrected chi connectivity index (χ2v) is 6.04. The maximum atomic E-state index is 12.4. The van der Waals surface area contributed by atoms with Gasteiger partial charge in [0.1, 0.15) is 5.78 Å². The van der Waals surface area contributed by atoms with E-state index in [4.69, 9.17) is 0 Å². The molecule has 98 valence electrons. The van der Waals surface area contributed by atoms with Gasteiger partial charge >= 0.3 is 0 Å². The van der Waals surface area contributed by atoms with E-state index in [0.29, 0.717) is 18.1 Å². The van der Waals surface area contributed by atoms with Gasteiger partial charge in [-0.2, -0.15) is 0 Å². The molecule has 1 aliphatic rings. The summed E-state index contributed by atoms with van der Waals surface area (Å²) in [5.41, 5.74) is 3.72. The maximum absolute atomic E-state index is 12.4. The van der Waals surface area contributed by atoms with Crippen LogP contribution in [0.3, 0.4) is 0 Å². The zero-order valence-electron chi connectivity index (χ0n) is 11.8. The molecule has 1 aromatic carbocycles. The Kier molecular flexibility index (Phi) is 4.21. The Hall–Kier alpha value is -1.11. The first kappa shape index (κ1) is 13.3. The molecule has 0 spiro atoms. The molecule has 1 nitrogen and oxygen atoms in total. The molecule has 2 unspecified atom stereocenters. The first-order chi connectivity index (χ1) is 8.56. The number of rotatable bonds is 3. The summed E-state index contributed by atoms with van der Waals surface area (Å²) in [6.45, 7) is 6.47. The molecule has 0 aromatic heterocycles. The Balaban J connectivity index is 2.04. The average Bonchev–Trinajstić information content (AvgIpc) is 2.34. The lowest BCUT2D eigenvalue weighted by Gasteiger charge is -2.25. The van der Waals surface area contributed by atoms with Gasteiger partial charge in [0.05, 0.1) is 0 Å². The number of aryl methyl sites for hydroxylation is 2. The minimum absolute atomic E-state index is 0.314. The molecule has 0 radical (unpaired) electrons. The lowest BCUT2D eigenvalue weighted by atomic mass is 9.79. The minimum atomic E-state index is 0.314. The topological polar surface area (TPSA) is 17.1 Å². The lowest BCUT2D eigenvalue weighted by molar-refractivity contribution is -0.123. The molecule has 0 amide bonds. The average molecular weight is 244 g/mol. The van der Waals surface area contributed by atoms with Gasteiger partial charge in [0.15, 0.2) is 0 Å². The molecule has 18 heavy (non-hydrogen) atoms. The number of hydrogen-bond donors (Lipinski definition) is 0. The number of ketones is 1. The summed E-state index contributed by atoms with van der Waals surface area (Å²) in [5, 5.41) is 0. The lowest BCUT2D eigenvalue weighted by Crippen LogP contribution is -2.23. The number of carbonyl (C=O) groups is 1. The van der Waals surface area contributed by atoms with Crippen LogP contribution < -0.4 is 0 Å². The third-order valence-electron chi connectivity index (χ3n) is 4.26. The molecule has 0 saturated heterocycles. The first-order valence-electron chi connectivity index (χ1n) is 7.15. The van der Waals surface area contributed by atoms with Crippen LogP contribution in [0.15, 0.2) is 18.2 Å². The second-order valence-electron chi connectivity index (χ2n) is 6.04. The fourth-order valence-corrected chi connectivity index (χ4v) is 3.05. The van der Waals surface area contributed by atoms with Gasteiger partial charge in [-0.1, -0.05) is 43.5 Å². The SMILES string of the molecule is Cc1ccc(C)c(CC(=O)C2CCCC(C)C2)c1. The van der Waals surface area contributed by atoms with Gasteiger partial charge in [-0.15, -0.1) is 0 Å². The van der Waals surface area contributed by atoms with Crippen LogP contribution in [0.5, 0.6) is 0 Å². The Bertz CT molecular complexity index is 433. The second kappa shape index (κ2) is 5.69. The van der Waals surface area contributed by atoms with E-state index < -0.39 is 0 Å². The molecule has 1 saturated carbocycles. The minimum Gasteiger partial charge on any atom is -0.299 e. The van der Waals surface area contributed by atoms with Crippen LogP contribution in [0.4, 0.5) is 0 Å². The van der Waals surface area contributed by atoms with Gasteiger partial charge in [-0.25, -0.2) is 0 Å². The van der Waals surface area contributed by atoms with Crippen LogP contribution in [0, 0.1) is 25.7 Å². The number of carbonyl (C=O) groups excluding carboxylic acids is 1. The van der Waals surface area contributed by atoms with Crippen LogP contribution in [-0.4, -0.2) is 5.78 Å². The fraction of sp³-hybridized carbons (Fsp3) is 0.588. The first-order valence-corrected chi connectivity index (χ1v) is 7.15. The van der Waals surface area contributed by atoms with E-state index in [-0.39, 0.29) is 0 Å². The fourth-order valence-electron chi connectivity index (χ4n) is 3.05. The van der Waals surface area contributed by atoms with Gasteiger partial charge in [-0.3, -0.25) is 4.79 Å². The summed E-state index contributed by atoms with van der Waals surface area (Å²) in [7, 11) is 0. The summed E-state index contributed by atoms with van der Waals surface area (Å²) >= 11 is 0. The molecule has 0 bridgehead atoms. The molecule has 2 rings (SSSR count). The molecule has 1 fully saturated rings. The molecule has 0 aliphatic heterocycles. The van der Waals surface area contributed by atoms with Crippen molar-refractivity contribution in [2.45, 2.75) is 52.9 Å². The molecular formula is C17H24O. The molecule has 1 heteroatoms. The Morgan fingerprint density at radius 1 is 1.28 bits per heavy atom. The Morgan fingerprint density at radius 3 is 2.78 bits per heavy atom. The van der Waals surface area contributed by atoms with Gasteiger partial charge in [0.25, 0.3) is 0 Å². The summed E-state index contributed by atoms with van der Waals surface area (Å²) < 4.78 is 0. The summed E-state index contributed by atoms with van der Waals surface area (Å²) in [6, 6.07) is 6.41. The van der Waals surface area contributed by atoms with Gasteiger partial charge in [-0.05, 0) is 43.7 Å². The molecule has 0 heterocycles. The van der Waals surface area contributed by atoms with Crippen LogP contribution in [0.1, 0.15) is 49.3 Å². The van der Waals surface area contributed by atoms with Crippen LogP contribution in [0.25, 0.3) is 0 Å². The van der Waals surface area contributed by atoms with E-state index in [1.165, 1.54) is 29.5 Å². The smallest absolute Gasteiger partial charge is 0.140 e. The molecule has 1 aliphatic carbocycles. The Labute approximate surface area is 111 Å². The number of hydrogen-bond acceptors (Lipinski definition) is 1. The Morgan fingerprint density at radius 2 is 2.06 bits per heavy atom. The van der Waals surface area contributed by atoms with E-state index >= 15 is 0 Å². The zero-order valence-corrected chi connectivity index (χ0v) is 11.8. The molecule has 0 N–H and O–H groups in total. The molecule has 1 aromatic rings. The summed E-state index contributed by atoms with van der Waals surface area (Å²) in [5.74, 6) is 1.50. The van der Waals surface area contributed by atoms with E-state index in [1.54, 1.807) is 0 Å². The van der Waals surface area contributed by atoms with E-state index in [2.05, 4.69) is 39.0 Å². The highest BCUT2D eigenvalue weighted by Gasteiger charge is 2.25. The maximum Gasteiger partial charge on any atom is 0.140 e. The largest absolute Gasteiger partial charge is 0.299 e. The molecule has 2 atom stereocenters. The third-order valence-corrected chi connectivity index (χ3v) is 4.26. The quantitative estimate of drug-likeness (QED) is 0.777. The van der Waals surface area contributed by atoms with Crippen molar-refractivity contribution in [2.24, 2.45) is 11.8 Å². The highest BCUT2D eigenvalue weighted by molar-refractivity contribution is 5.83. The van der Waals surface area contributed by atoms with Crippen molar-refractivity contribution in [2.75, 3.05) is 0 Å². The van der Waals surface area contributed by atoms with Crippen molar-refractivity contribution in [1.29, 1.82) is 0 Å². The zero-order chi connectivity index (χ0) is 13.1. The third kappa shape index (κ3) is 3.22. The van der Waals surface area contributed by atoms with Crippen molar-refractivity contribution < 1.29 is 4.79 Å². The van der Waals surface area contributed by atoms with E-state index in [9.17, 15) is 4.79 Å². The van der Waals surface area contributed by atoms with Crippen molar-refractivity contribution in [3.05, 3.63) is 34.9 Å². The predicted octanol–water partition coefficient (Wildman–Crippen LogP) is 4.24. The van der Waals surface area contributed by atoms with Crippen LogP contribution in [-0.2, 0) is 11.2 Å². The van der Waals surface area contributed by atoms with Crippen molar-refractivity contribution in [3.63, 3.8) is 0 Å². The highest BCUT2D eigenvalue weighted by Crippen LogP contribution is 2.30. The summed E-state index contributed by atoms with van der Waals surface area (Å²) in [4.78, 5) is 12.4. The van der Waals surface area contributed by atoms with Crippen LogP contribution in [0.2, 0.25) is 0 Å². The standard InChI is InChI=1S/C17H24O/c1-12-5-4-6-15(9-12)17(18)11-16-10-13(2)7-8-14(16)3/h7-8,10,12,15H,4-6,9,11H2,1-3H3. The van der Waals surface area contributed by atoms with E-state index in [1.807, 2.05) is 0 Å². The highest BCUT2D eigenvalue weighted by atomic mass is 16.1. The van der Waals surface area contributed by atoms with Crippen molar-refractivity contribution in [1.82, 2.24) is 0 Å².